The second-order valence-corrected chi connectivity index (χ2v) is 6.65. The van der Waals surface area contributed by atoms with Crippen LogP contribution in [-0.4, -0.2) is 60.0 Å². The molecule has 5 nitrogen and oxygen atoms in total. The van der Waals surface area contributed by atoms with Crippen LogP contribution >= 0.6 is 15.9 Å². The zero-order valence-corrected chi connectivity index (χ0v) is 13.9. The van der Waals surface area contributed by atoms with Crippen LogP contribution in [0.5, 0.6) is 0 Å². The highest BCUT2D eigenvalue weighted by molar-refractivity contribution is 9.10. The van der Waals surface area contributed by atoms with Crippen LogP contribution in [0.1, 0.15) is 29.6 Å². The molecule has 6 heteroatoms. The molecule has 0 saturated carbocycles. The van der Waals surface area contributed by atoms with Crippen molar-refractivity contribution >= 4 is 27.7 Å². The molecular weight excluding hydrogens is 332 g/mol. The minimum Gasteiger partial charge on any atom is -0.372 e. The van der Waals surface area contributed by atoms with E-state index >= 15 is 0 Å². The van der Waals surface area contributed by atoms with Gasteiger partial charge in [0.2, 0.25) is 0 Å². The number of hydrogen-bond donors (Lipinski definition) is 1. The predicted octanol–water partition coefficient (Wildman–Crippen LogP) is 2.20. The molecule has 0 aliphatic carbocycles. The van der Waals surface area contributed by atoms with Crippen molar-refractivity contribution in [3.05, 3.63) is 22.3 Å². The van der Waals surface area contributed by atoms with E-state index in [4.69, 9.17) is 0 Å². The fourth-order valence-electron chi connectivity index (χ4n) is 3.36. The molecule has 0 aromatic carbocycles. The molecule has 1 aromatic heterocycles. The highest BCUT2D eigenvalue weighted by Gasteiger charge is 2.31. The van der Waals surface area contributed by atoms with Crippen molar-refractivity contribution in [2.75, 3.05) is 38.5 Å². The first-order valence-electron chi connectivity index (χ1n) is 7.55. The maximum Gasteiger partial charge on any atom is 0.257 e. The Morgan fingerprint density at radius 2 is 2.19 bits per heavy atom. The number of hydrogen-bond acceptors (Lipinski definition) is 4. The first-order valence-corrected chi connectivity index (χ1v) is 8.35. The quantitative estimate of drug-likeness (QED) is 0.886. The molecule has 0 spiro atoms. The molecule has 0 radical (unpaired) electrons. The molecule has 114 valence electrons. The molecule has 1 unspecified atom stereocenters. The largest absolute Gasteiger partial charge is 0.372 e. The van der Waals surface area contributed by atoms with Crippen molar-refractivity contribution in [2.24, 2.45) is 0 Å². The summed E-state index contributed by atoms with van der Waals surface area (Å²) in [5.74, 6) is 0.734. The van der Waals surface area contributed by atoms with E-state index in [9.17, 15) is 4.79 Å². The molecule has 2 aliphatic heterocycles. The van der Waals surface area contributed by atoms with Gasteiger partial charge in [-0.05, 0) is 47.8 Å². The number of rotatable bonds is 2. The summed E-state index contributed by atoms with van der Waals surface area (Å²) in [7, 11) is 1.80. The van der Waals surface area contributed by atoms with Crippen LogP contribution in [0.3, 0.4) is 0 Å². The lowest BCUT2D eigenvalue weighted by Crippen LogP contribution is -2.39. The van der Waals surface area contributed by atoms with Crippen LogP contribution in [0.15, 0.2) is 16.7 Å². The van der Waals surface area contributed by atoms with Crippen molar-refractivity contribution in [1.82, 2.24) is 14.8 Å². The van der Waals surface area contributed by atoms with Crippen molar-refractivity contribution in [2.45, 2.75) is 25.3 Å². The second kappa shape index (κ2) is 6.32. The van der Waals surface area contributed by atoms with E-state index < -0.39 is 0 Å². The molecule has 3 rings (SSSR count). The first kappa shape index (κ1) is 14.8. The van der Waals surface area contributed by atoms with Gasteiger partial charge in [-0.2, -0.15) is 0 Å². The molecule has 1 N–H and O–H groups in total. The molecule has 3 heterocycles. The van der Waals surface area contributed by atoms with Crippen LogP contribution in [0.2, 0.25) is 0 Å². The molecule has 1 aromatic rings. The minimum absolute atomic E-state index is 0.0851. The zero-order chi connectivity index (χ0) is 14.8. The highest BCUT2D eigenvalue weighted by Crippen LogP contribution is 2.24. The van der Waals surface area contributed by atoms with Gasteiger partial charge in [0, 0.05) is 43.4 Å². The Kier molecular flexibility index (Phi) is 4.45. The summed E-state index contributed by atoms with van der Waals surface area (Å²) >= 11 is 3.41. The topological polar surface area (TPSA) is 48.5 Å². The molecular formula is C15H21BrN4O. The smallest absolute Gasteiger partial charge is 0.257 e. The molecule has 2 fully saturated rings. The van der Waals surface area contributed by atoms with Gasteiger partial charge in [-0.25, -0.2) is 4.98 Å². The molecule has 2 aliphatic rings. The minimum atomic E-state index is 0.0851. The van der Waals surface area contributed by atoms with Gasteiger partial charge in [0.25, 0.3) is 5.91 Å². The van der Waals surface area contributed by atoms with Crippen molar-refractivity contribution in [3.8, 4) is 0 Å². The van der Waals surface area contributed by atoms with Gasteiger partial charge in [0.1, 0.15) is 5.82 Å². The lowest BCUT2D eigenvalue weighted by atomic mass is 10.1. The van der Waals surface area contributed by atoms with Gasteiger partial charge in [-0.15, -0.1) is 0 Å². The third kappa shape index (κ3) is 3.06. The van der Waals surface area contributed by atoms with Crippen molar-refractivity contribution in [1.29, 1.82) is 0 Å². The fourth-order valence-corrected chi connectivity index (χ4v) is 3.69. The van der Waals surface area contributed by atoms with E-state index in [1.54, 1.807) is 13.2 Å². The third-order valence-corrected chi connectivity index (χ3v) is 4.85. The number of halogens is 1. The Hall–Kier alpha value is -1.14. The summed E-state index contributed by atoms with van der Waals surface area (Å²) in [5, 5.41) is 3.01. The monoisotopic (exact) mass is 352 g/mol. The van der Waals surface area contributed by atoms with E-state index in [1.807, 2.05) is 11.0 Å². The van der Waals surface area contributed by atoms with E-state index in [-0.39, 0.29) is 5.91 Å². The third-order valence-electron chi connectivity index (χ3n) is 4.41. The van der Waals surface area contributed by atoms with Gasteiger partial charge in [-0.1, -0.05) is 0 Å². The number of fused-ring (bicyclic) bond motifs is 1. The summed E-state index contributed by atoms with van der Waals surface area (Å²) in [6.45, 7) is 3.98. The molecule has 0 bridgehead atoms. The average Bonchev–Trinajstić information content (AvgIpc) is 2.83. The lowest BCUT2D eigenvalue weighted by molar-refractivity contribution is 0.0744. The molecule has 1 amide bonds. The van der Waals surface area contributed by atoms with Gasteiger partial charge in [-0.3, -0.25) is 9.69 Å². The number of carbonyl (C=O) groups is 1. The summed E-state index contributed by atoms with van der Waals surface area (Å²) in [6.07, 6.45) is 5.23. The lowest BCUT2D eigenvalue weighted by Gasteiger charge is -2.26. The average molecular weight is 353 g/mol. The number of aromatic nitrogens is 1. The van der Waals surface area contributed by atoms with E-state index in [2.05, 4.69) is 31.1 Å². The van der Waals surface area contributed by atoms with E-state index in [0.29, 0.717) is 17.4 Å². The number of anilines is 1. The maximum absolute atomic E-state index is 12.9. The summed E-state index contributed by atoms with van der Waals surface area (Å²) < 4.78 is 0.835. The number of pyridine rings is 1. The van der Waals surface area contributed by atoms with Gasteiger partial charge >= 0.3 is 0 Å². The Morgan fingerprint density at radius 1 is 1.38 bits per heavy atom. The fraction of sp³-hybridized carbons (Fsp3) is 0.600. The zero-order valence-electron chi connectivity index (χ0n) is 12.3. The van der Waals surface area contributed by atoms with Crippen LogP contribution < -0.4 is 5.32 Å². The van der Waals surface area contributed by atoms with Crippen LogP contribution in [0, 0.1) is 0 Å². The maximum atomic E-state index is 12.9. The normalized spacial score (nSPS) is 22.8. The van der Waals surface area contributed by atoms with Gasteiger partial charge in [0.15, 0.2) is 0 Å². The highest BCUT2D eigenvalue weighted by atomic mass is 79.9. The summed E-state index contributed by atoms with van der Waals surface area (Å²) in [4.78, 5) is 21.7. The number of nitrogens with one attached hydrogen (secondary N) is 1. The van der Waals surface area contributed by atoms with Crippen LogP contribution in [0.4, 0.5) is 5.82 Å². The SMILES string of the molecule is CNc1ncc(Br)cc1C(=O)N1CCCN2CCCC2C1. The summed E-state index contributed by atoms with van der Waals surface area (Å²) in [5.41, 5.74) is 0.651. The van der Waals surface area contributed by atoms with Crippen LogP contribution in [-0.2, 0) is 0 Å². The van der Waals surface area contributed by atoms with Gasteiger partial charge < -0.3 is 10.2 Å². The van der Waals surface area contributed by atoms with Gasteiger partial charge in [0.05, 0.1) is 5.56 Å². The van der Waals surface area contributed by atoms with Crippen LogP contribution in [0.25, 0.3) is 0 Å². The molecule has 2 saturated heterocycles. The number of carbonyl (C=O) groups excluding carboxylic acids is 1. The molecule has 21 heavy (non-hydrogen) atoms. The predicted molar refractivity (Wildman–Crippen MR) is 86.6 cm³/mol. The Balaban J connectivity index is 1.82. The number of nitrogens with zero attached hydrogens (tertiary/aromatic N) is 3. The van der Waals surface area contributed by atoms with Crippen molar-refractivity contribution in [3.63, 3.8) is 0 Å². The van der Waals surface area contributed by atoms with E-state index in [1.165, 1.54) is 19.4 Å². The first-order chi connectivity index (χ1) is 10.2. The summed E-state index contributed by atoms with van der Waals surface area (Å²) in [6, 6.07) is 2.40. The Morgan fingerprint density at radius 3 is 3.00 bits per heavy atom. The Labute approximate surface area is 133 Å². The Bertz CT molecular complexity index is 536. The second-order valence-electron chi connectivity index (χ2n) is 5.74. The number of amides is 1. The standard InChI is InChI=1S/C15H21BrN4O/c1-17-14-13(8-11(16)9-18-14)15(21)20-7-3-6-19-5-2-4-12(19)10-20/h8-9,12H,2-7,10H2,1H3,(H,17,18). The van der Waals surface area contributed by atoms with Crippen molar-refractivity contribution < 1.29 is 4.79 Å². The molecule has 1 atom stereocenters. The van der Waals surface area contributed by atoms with E-state index in [0.717, 1.165) is 30.5 Å².